The van der Waals surface area contributed by atoms with Crippen molar-refractivity contribution in [1.29, 1.82) is 0 Å². The molecule has 0 aliphatic rings. The van der Waals surface area contributed by atoms with Crippen molar-refractivity contribution < 1.29 is 0 Å². The van der Waals surface area contributed by atoms with Crippen LogP contribution >= 0.6 is 11.3 Å². The van der Waals surface area contributed by atoms with Crippen molar-refractivity contribution in [2.75, 3.05) is 18.5 Å². The zero-order valence-electron chi connectivity index (χ0n) is 12.9. The third kappa shape index (κ3) is 2.86. The Morgan fingerprint density at radius 1 is 1.30 bits per heavy atom. The van der Waals surface area contributed by atoms with Gasteiger partial charge in [0.05, 0.1) is 5.69 Å². The average Bonchev–Trinajstić information content (AvgIpc) is 2.83. The molecule has 2 aromatic rings. The number of aryl methyl sites for hydroxylation is 2. The maximum atomic E-state index is 4.77. The number of nitrogens with one attached hydrogen (secondary N) is 1. The lowest BCUT2D eigenvalue weighted by Crippen LogP contribution is -2.16. The zero-order valence-corrected chi connectivity index (χ0v) is 13.7. The first kappa shape index (κ1) is 15.0. The van der Waals surface area contributed by atoms with Crippen LogP contribution in [0.4, 0.5) is 10.8 Å². The van der Waals surface area contributed by atoms with Crippen LogP contribution in [0.5, 0.6) is 0 Å². The highest BCUT2D eigenvalue weighted by Crippen LogP contribution is 2.35. The molecular weight excluding hydrogens is 266 g/mol. The molecule has 4 heteroatoms. The summed E-state index contributed by atoms with van der Waals surface area (Å²) in [6.07, 6.45) is 0. The third-order valence-corrected chi connectivity index (χ3v) is 4.96. The Kier molecular flexibility index (Phi) is 4.78. The van der Waals surface area contributed by atoms with E-state index in [1.165, 1.54) is 16.1 Å². The molecule has 0 saturated carbocycles. The number of thiazole rings is 1. The monoisotopic (exact) mass is 289 g/mol. The highest BCUT2D eigenvalue weighted by atomic mass is 32.1. The third-order valence-electron chi connectivity index (χ3n) is 3.60. The summed E-state index contributed by atoms with van der Waals surface area (Å²) >= 11 is 1.78. The van der Waals surface area contributed by atoms with Gasteiger partial charge in [-0.15, -0.1) is 0 Å². The Hall–Kier alpha value is -1.39. The molecule has 1 aromatic carbocycles. The van der Waals surface area contributed by atoms with Crippen molar-refractivity contribution in [3.63, 3.8) is 0 Å². The van der Waals surface area contributed by atoms with Crippen molar-refractivity contribution in [2.45, 2.75) is 33.7 Å². The highest BCUT2D eigenvalue weighted by Gasteiger charge is 2.18. The number of rotatable bonds is 5. The molecule has 1 atom stereocenters. The normalized spacial score (nSPS) is 12.4. The second-order valence-electron chi connectivity index (χ2n) is 4.99. The number of aromatic nitrogens is 1. The van der Waals surface area contributed by atoms with E-state index in [1.54, 1.807) is 11.3 Å². The smallest absolute Gasteiger partial charge is 0.190 e. The molecule has 0 aliphatic carbocycles. The Labute approximate surface area is 125 Å². The van der Waals surface area contributed by atoms with E-state index in [1.807, 2.05) is 7.05 Å². The zero-order chi connectivity index (χ0) is 14.7. The molecule has 1 aromatic heterocycles. The van der Waals surface area contributed by atoms with Crippen molar-refractivity contribution in [2.24, 2.45) is 0 Å². The van der Waals surface area contributed by atoms with E-state index < -0.39 is 0 Å². The van der Waals surface area contributed by atoms with Crippen LogP contribution in [-0.2, 0) is 0 Å². The quantitative estimate of drug-likeness (QED) is 0.894. The first-order valence-electron chi connectivity index (χ1n) is 7.06. The van der Waals surface area contributed by atoms with Crippen LogP contribution < -0.4 is 10.2 Å². The minimum Gasteiger partial charge on any atom is -0.318 e. The summed E-state index contributed by atoms with van der Waals surface area (Å²) in [4.78, 5) is 8.38. The van der Waals surface area contributed by atoms with E-state index in [0.717, 1.165) is 17.4 Å². The van der Waals surface area contributed by atoms with Gasteiger partial charge in [0.15, 0.2) is 5.13 Å². The minimum atomic E-state index is 0.344. The number of anilines is 2. The van der Waals surface area contributed by atoms with E-state index in [9.17, 15) is 0 Å². The molecule has 0 spiro atoms. The predicted octanol–water partition coefficient (Wildman–Crippen LogP) is 4.20. The van der Waals surface area contributed by atoms with Gasteiger partial charge in [0.1, 0.15) is 0 Å². The molecule has 0 aliphatic heterocycles. The molecule has 1 heterocycles. The van der Waals surface area contributed by atoms with Gasteiger partial charge in [-0.2, -0.15) is 0 Å². The van der Waals surface area contributed by atoms with Crippen LogP contribution in [0.25, 0.3) is 0 Å². The van der Waals surface area contributed by atoms with Crippen LogP contribution in [0.15, 0.2) is 24.3 Å². The van der Waals surface area contributed by atoms with Crippen molar-refractivity contribution >= 4 is 22.2 Å². The maximum absolute atomic E-state index is 4.77. The van der Waals surface area contributed by atoms with Gasteiger partial charge in [-0.1, -0.05) is 29.5 Å². The second-order valence-corrected chi connectivity index (χ2v) is 6.00. The Bertz CT molecular complexity index is 577. The van der Waals surface area contributed by atoms with E-state index in [-0.39, 0.29) is 0 Å². The standard InChI is InChI=1S/C16H23N3S/c1-6-19(14-10-8-7-9-11(14)2)16-18-13(4)15(20-16)12(3)17-5/h7-10,12,17H,6H2,1-5H3. The lowest BCUT2D eigenvalue weighted by molar-refractivity contribution is 0.658. The van der Waals surface area contributed by atoms with Crippen LogP contribution in [0, 0.1) is 13.8 Å². The van der Waals surface area contributed by atoms with Gasteiger partial charge in [-0.05, 0) is 46.4 Å². The van der Waals surface area contributed by atoms with Crippen molar-refractivity contribution in [3.05, 3.63) is 40.4 Å². The predicted molar refractivity (Wildman–Crippen MR) is 88.2 cm³/mol. The summed E-state index contributed by atoms with van der Waals surface area (Å²) in [6, 6.07) is 8.82. The molecule has 20 heavy (non-hydrogen) atoms. The first-order valence-corrected chi connectivity index (χ1v) is 7.87. The lowest BCUT2D eigenvalue weighted by atomic mass is 10.2. The summed E-state index contributed by atoms with van der Waals surface area (Å²) in [5.41, 5.74) is 3.65. The molecule has 0 bridgehead atoms. The molecule has 1 unspecified atom stereocenters. The largest absolute Gasteiger partial charge is 0.318 e. The molecular formula is C16H23N3S. The summed E-state index contributed by atoms with van der Waals surface area (Å²) < 4.78 is 0. The minimum absolute atomic E-state index is 0.344. The molecule has 0 fully saturated rings. The topological polar surface area (TPSA) is 28.2 Å². The van der Waals surface area contributed by atoms with Gasteiger partial charge in [-0.3, -0.25) is 0 Å². The van der Waals surface area contributed by atoms with Crippen LogP contribution in [0.3, 0.4) is 0 Å². The average molecular weight is 289 g/mol. The second kappa shape index (κ2) is 6.37. The Morgan fingerprint density at radius 2 is 2.00 bits per heavy atom. The SMILES string of the molecule is CCN(c1nc(C)c(C(C)NC)s1)c1ccccc1C. The van der Waals surface area contributed by atoms with Gasteiger partial charge < -0.3 is 10.2 Å². The van der Waals surface area contributed by atoms with Crippen molar-refractivity contribution in [1.82, 2.24) is 10.3 Å². The molecule has 2 rings (SSSR count). The van der Waals surface area contributed by atoms with Gasteiger partial charge in [0.25, 0.3) is 0 Å². The number of benzene rings is 1. The van der Waals surface area contributed by atoms with Crippen LogP contribution in [0.1, 0.15) is 36.0 Å². The first-order chi connectivity index (χ1) is 9.58. The number of hydrogen-bond donors (Lipinski definition) is 1. The molecule has 108 valence electrons. The number of nitrogens with zero attached hydrogens (tertiary/aromatic N) is 2. The Morgan fingerprint density at radius 3 is 2.60 bits per heavy atom. The van der Waals surface area contributed by atoms with E-state index in [4.69, 9.17) is 4.98 Å². The van der Waals surface area contributed by atoms with Gasteiger partial charge in [-0.25, -0.2) is 4.98 Å². The van der Waals surface area contributed by atoms with Gasteiger partial charge in [0.2, 0.25) is 0 Å². The van der Waals surface area contributed by atoms with E-state index in [0.29, 0.717) is 6.04 Å². The lowest BCUT2D eigenvalue weighted by Gasteiger charge is -2.22. The maximum Gasteiger partial charge on any atom is 0.190 e. The fourth-order valence-corrected chi connectivity index (χ4v) is 3.52. The summed E-state index contributed by atoms with van der Waals surface area (Å²) in [7, 11) is 1.99. The van der Waals surface area contributed by atoms with Gasteiger partial charge in [0, 0.05) is 23.2 Å². The number of hydrogen-bond acceptors (Lipinski definition) is 4. The highest BCUT2D eigenvalue weighted by molar-refractivity contribution is 7.15. The number of para-hydroxylation sites is 1. The van der Waals surface area contributed by atoms with E-state index >= 15 is 0 Å². The van der Waals surface area contributed by atoms with E-state index in [2.05, 4.69) is 62.2 Å². The molecule has 0 saturated heterocycles. The molecule has 0 amide bonds. The van der Waals surface area contributed by atoms with Crippen molar-refractivity contribution in [3.8, 4) is 0 Å². The molecule has 3 nitrogen and oxygen atoms in total. The summed E-state index contributed by atoms with van der Waals surface area (Å²) in [6.45, 7) is 9.51. The fraction of sp³-hybridized carbons (Fsp3) is 0.438. The Balaban J connectivity index is 2.41. The summed E-state index contributed by atoms with van der Waals surface area (Å²) in [5.74, 6) is 0. The summed E-state index contributed by atoms with van der Waals surface area (Å²) in [5, 5.41) is 4.38. The molecule has 0 radical (unpaired) electrons. The van der Waals surface area contributed by atoms with Gasteiger partial charge >= 0.3 is 0 Å². The fourth-order valence-electron chi connectivity index (χ4n) is 2.32. The van der Waals surface area contributed by atoms with Crippen LogP contribution in [0.2, 0.25) is 0 Å². The molecule has 1 N–H and O–H groups in total. The van der Waals surface area contributed by atoms with Crippen LogP contribution in [-0.4, -0.2) is 18.6 Å².